The minimum absolute atomic E-state index is 0.332. The third-order valence-electron chi connectivity index (χ3n) is 5.28. The van der Waals surface area contributed by atoms with Crippen molar-refractivity contribution in [3.8, 4) is 0 Å². The maximum absolute atomic E-state index is 11.8. The SMILES string of the molecule is C=C(C)[C@@H]1CC[C@@]2(C)CC(=O)[C@@H]3C[C@@]132. The second-order valence-electron chi connectivity index (χ2n) is 5.94. The van der Waals surface area contributed by atoms with E-state index in [0.717, 1.165) is 6.42 Å². The predicted octanol–water partition coefficient (Wildman–Crippen LogP) is 2.96. The maximum atomic E-state index is 11.8. The number of carbonyl (C=O) groups excluding carboxylic acids is 1. The molecule has 0 aliphatic heterocycles. The highest BCUT2D eigenvalue weighted by Gasteiger charge is 2.77. The summed E-state index contributed by atoms with van der Waals surface area (Å²) in [4.78, 5) is 11.8. The van der Waals surface area contributed by atoms with Gasteiger partial charge in [0, 0.05) is 12.3 Å². The summed E-state index contributed by atoms with van der Waals surface area (Å²) in [6.07, 6.45) is 4.53. The molecule has 3 rings (SSSR count). The van der Waals surface area contributed by atoms with Crippen molar-refractivity contribution in [1.29, 1.82) is 0 Å². The van der Waals surface area contributed by atoms with Gasteiger partial charge in [-0.15, -0.1) is 0 Å². The third kappa shape index (κ3) is 0.687. The molecular weight excluding hydrogens is 172 g/mol. The maximum Gasteiger partial charge on any atom is 0.137 e. The Kier molecular flexibility index (Phi) is 1.34. The van der Waals surface area contributed by atoms with Gasteiger partial charge in [-0.05, 0) is 42.9 Å². The molecule has 0 bridgehead atoms. The van der Waals surface area contributed by atoms with E-state index >= 15 is 0 Å². The Morgan fingerprint density at radius 2 is 2.29 bits per heavy atom. The highest BCUT2D eigenvalue weighted by Crippen LogP contribution is 2.80. The lowest BCUT2D eigenvalue weighted by Gasteiger charge is -2.30. The molecule has 1 nitrogen and oxygen atoms in total. The molecule has 1 spiro atoms. The Hall–Kier alpha value is -0.590. The molecule has 0 unspecified atom stereocenters. The van der Waals surface area contributed by atoms with Crippen LogP contribution in [0, 0.1) is 22.7 Å². The summed E-state index contributed by atoms with van der Waals surface area (Å²) < 4.78 is 0. The van der Waals surface area contributed by atoms with Crippen molar-refractivity contribution in [2.45, 2.75) is 39.5 Å². The number of hydrogen-bond acceptors (Lipinski definition) is 1. The van der Waals surface area contributed by atoms with Gasteiger partial charge in [0.25, 0.3) is 0 Å². The lowest BCUT2D eigenvalue weighted by atomic mass is 9.73. The second-order valence-corrected chi connectivity index (χ2v) is 5.94. The van der Waals surface area contributed by atoms with Gasteiger partial charge in [-0.25, -0.2) is 0 Å². The van der Waals surface area contributed by atoms with Crippen LogP contribution in [0.4, 0.5) is 0 Å². The number of allylic oxidation sites excluding steroid dienone is 1. The van der Waals surface area contributed by atoms with Crippen molar-refractivity contribution in [1.82, 2.24) is 0 Å². The zero-order valence-electron chi connectivity index (χ0n) is 9.10. The van der Waals surface area contributed by atoms with Crippen LogP contribution in [0.5, 0.6) is 0 Å². The Morgan fingerprint density at radius 3 is 2.86 bits per heavy atom. The summed E-state index contributed by atoms with van der Waals surface area (Å²) in [7, 11) is 0. The standard InChI is InChI=1S/C13H18O/c1-8(2)9-4-5-12(3)7-11(14)10-6-13(9,10)12/h9-10H,1,4-7H2,2-3H3/t9-,10-,12-,13+/m0/s1. The van der Waals surface area contributed by atoms with Gasteiger partial charge in [-0.3, -0.25) is 4.79 Å². The Labute approximate surface area is 85.6 Å². The first kappa shape index (κ1) is 8.70. The highest BCUT2D eigenvalue weighted by atomic mass is 16.1. The van der Waals surface area contributed by atoms with Gasteiger partial charge in [0.2, 0.25) is 0 Å². The topological polar surface area (TPSA) is 17.1 Å². The van der Waals surface area contributed by atoms with Crippen LogP contribution in [-0.4, -0.2) is 5.78 Å². The van der Waals surface area contributed by atoms with E-state index in [1.165, 1.54) is 24.8 Å². The first-order chi connectivity index (χ1) is 6.51. The number of Topliss-reactive ketones (excluding diaryl/α,β-unsaturated/α-hetero) is 1. The molecule has 3 saturated carbocycles. The number of hydrogen-bond donors (Lipinski definition) is 0. The normalized spacial score (nSPS) is 54.3. The molecule has 0 amide bonds. The average Bonchev–Trinajstić information content (AvgIpc) is 2.67. The molecule has 0 saturated heterocycles. The quantitative estimate of drug-likeness (QED) is 0.581. The van der Waals surface area contributed by atoms with Crippen molar-refractivity contribution in [2.75, 3.05) is 0 Å². The third-order valence-corrected chi connectivity index (χ3v) is 5.28. The van der Waals surface area contributed by atoms with E-state index < -0.39 is 0 Å². The van der Waals surface area contributed by atoms with Crippen LogP contribution in [0.1, 0.15) is 39.5 Å². The largest absolute Gasteiger partial charge is 0.299 e. The minimum Gasteiger partial charge on any atom is -0.299 e. The highest BCUT2D eigenvalue weighted by molar-refractivity contribution is 5.89. The van der Waals surface area contributed by atoms with E-state index in [-0.39, 0.29) is 0 Å². The van der Waals surface area contributed by atoms with E-state index in [9.17, 15) is 4.79 Å². The molecule has 3 aliphatic rings. The van der Waals surface area contributed by atoms with E-state index in [2.05, 4.69) is 20.4 Å². The first-order valence-corrected chi connectivity index (χ1v) is 5.69. The monoisotopic (exact) mass is 190 g/mol. The smallest absolute Gasteiger partial charge is 0.137 e. The molecule has 0 radical (unpaired) electrons. The predicted molar refractivity (Wildman–Crippen MR) is 55.8 cm³/mol. The van der Waals surface area contributed by atoms with E-state index in [1.54, 1.807) is 0 Å². The lowest BCUT2D eigenvalue weighted by Crippen LogP contribution is -2.24. The summed E-state index contributed by atoms with van der Waals surface area (Å²) in [5.41, 5.74) is 2.01. The fourth-order valence-corrected chi connectivity index (χ4v) is 4.55. The summed E-state index contributed by atoms with van der Waals surface area (Å²) in [5, 5.41) is 0. The lowest BCUT2D eigenvalue weighted by molar-refractivity contribution is -0.120. The van der Waals surface area contributed by atoms with Crippen molar-refractivity contribution in [3.63, 3.8) is 0 Å². The number of carbonyl (C=O) groups is 1. The molecule has 0 aromatic heterocycles. The molecule has 0 aromatic carbocycles. The van der Waals surface area contributed by atoms with Crippen LogP contribution in [0.3, 0.4) is 0 Å². The molecule has 14 heavy (non-hydrogen) atoms. The van der Waals surface area contributed by atoms with Crippen molar-refractivity contribution in [2.24, 2.45) is 22.7 Å². The van der Waals surface area contributed by atoms with Crippen molar-refractivity contribution in [3.05, 3.63) is 12.2 Å². The fraction of sp³-hybridized carbons (Fsp3) is 0.769. The van der Waals surface area contributed by atoms with Crippen LogP contribution in [0.15, 0.2) is 12.2 Å². The van der Waals surface area contributed by atoms with E-state index in [0.29, 0.717) is 28.4 Å². The molecular formula is C13H18O. The minimum atomic E-state index is 0.332. The molecule has 0 heterocycles. The van der Waals surface area contributed by atoms with Gasteiger partial charge in [-0.2, -0.15) is 0 Å². The Bertz CT molecular complexity index is 343. The zero-order chi connectivity index (χ0) is 10.1. The summed E-state index contributed by atoms with van der Waals surface area (Å²) in [5.74, 6) is 1.60. The van der Waals surface area contributed by atoms with Gasteiger partial charge in [0.1, 0.15) is 5.78 Å². The van der Waals surface area contributed by atoms with Crippen LogP contribution < -0.4 is 0 Å². The van der Waals surface area contributed by atoms with Crippen LogP contribution in [0.2, 0.25) is 0 Å². The van der Waals surface area contributed by atoms with Crippen LogP contribution in [-0.2, 0) is 4.79 Å². The van der Waals surface area contributed by atoms with Gasteiger partial charge in [0.15, 0.2) is 0 Å². The zero-order valence-corrected chi connectivity index (χ0v) is 9.10. The van der Waals surface area contributed by atoms with Gasteiger partial charge in [0.05, 0.1) is 0 Å². The van der Waals surface area contributed by atoms with Crippen LogP contribution >= 0.6 is 0 Å². The molecule has 0 N–H and O–H groups in total. The Balaban J connectivity index is 2.05. The Morgan fingerprint density at radius 1 is 1.57 bits per heavy atom. The molecule has 4 atom stereocenters. The molecule has 3 fully saturated rings. The summed E-state index contributed by atoms with van der Waals surface area (Å²) in [6.45, 7) is 8.59. The fourth-order valence-electron chi connectivity index (χ4n) is 4.55. The van der Waals surface area contributed by atoms with Gasteiger partial charge in [-0.1, -0.05) is 19.1 Å². The second kappa shape index (κ2) is 2.15. The average molecular weight is 190 g/mol. The van der Waals surface area contributed by atoms with Crippen LogP contribution in [0.25, 0.3) is 0 Å². The van der Waals surface area contributed by atoms with Gasteiger partial charge >= 0.3 is 0 Å². The van der Waals surface area contributed by atoms with Crippen molar-refractivity contribution < 1.29 is 4.79 Å². The van der Waals surface area contributed by atoms with E-state index in [4.69, 9.17) is 0 Å². The first-order valence-electron chi connectivity index (χ1n) is 5.69. The molecule has 1 heteroatoms. The number of ketones is 1. The van der Waals surface area contributed by atoms with Gasteiger partial charge < -0.3 is 0 Å². The molecule has 0 aromatic rings. The molecule has 76 valence electrons. The summed E-state index contributed by atoms with van der Waals surface area (Å²) >= 11 is 0. The number of rotatable bonds is 1. The molecule has 3 aliphatic carbocycles. The van der Waals surface area contributed by atoms with Crippen molar-refractivity contribution >= 4 is 5.78 Å². The van der Waals surface area contributed by atoms with E-state index in [1.807, 2.05) is 0 Å². The summed E-state index contributed by atoms with van der Waals surface area (Å²) in [6, 6.07) is 0.